The van der Waals surface area contributed by atoms with Gasteiger partial charge in [0.2, 0.25) is 0 Å². The van der Waals surface area contributed by atoms with Crippen molar-refractivity contribution in [3.8, 4) is 0 Å². The fourth-order valence-corrected chi connectivity index (χ4v) is 2.33. The highest BCUT2D eigenvalue weighted by Crippen LogP contribution is 2.18. The molecule has 2 aromatic carbocycles. The molecule has 0 aliphatic carbocycles. The maximum Gasteiger partial charge on any atom is 0.267 e. The van der Waals surface area contributed by atoms with E-state index in [1.54, 1.807) is 35.2 Å². The monoisotopic (exact) mass is 311 g/mol. The SMILES string of the molecule is O=C(/C=C/c1ccc2c(cnn2Cc2ccccc2F)c1)NO. The van der Waals surface area contributed by atoms with Crippen molar-refractivity contribution in [3.63, 3.8) is 0 Å². The zero-order valence-electron chi connectivity index (χ0n) is 12.1. The lowest BCUT2D eigenvalue weighted by Crippen LogP contribution is -2.14. The van der Waals surface area contributed by atoms with Gasteiger partial charge in [-0.25, -0.2) is 9.87 Å². The van der Waals surface area contributed by atoms with Crippen LogP contribution in [0.15, 0.2) is 54.7 Å². The molecule has 0 aliphatic heterocycles. The minimum Gasteiger partial charge on any atom is -0.288 e. The van der Waals surface area contributed by atoms with Crippen LogP contribution >= 0.6 is 0 Å². The zero-order chi connectivity index (χ0) is 16.2. The Hall–Kier alpha value is -2.99. The first-order valence-electron chi connectivity index (χ1n) is 6.98. The Morgan fingerprint density at radius 3 is 2.91 bits per heavy atom. The molecular weight excluding hydrogens is 297 g/mol. The Morgan fingerprint density at radius 2 is 2.13 bits per heavy atom. The number of hydrogen-bond acceptors (Lipinski definition) is 3. The van der Waals surface area contributed by atoms with Crippen molar-refractivity contribution in [1.82, 2.24) is 15.3 Å². The van der Waals surface area contributed by atoms with Crippen molar-refractivity contribution in [2.75, 3.05) is 0 Å². The molecule has 1 amide bonds. The van der Waals surface area contributed by atoms with Crippen LogP contribution in [0.5, 0.6) is 0 Å². The minimum atomic E-state index is -0.597. The maximum atomic E-state index is 13.7. The lowest BCUT2D eigenvalue weighted by atomic mass is 10.1. The fourth-order valence-electron chi connectivity index (χ4n) is 2.33. The van der Waals surface area contributed by atoms with Gasteiger partial charge in [-0.1, -0.05) is 24.3 Å². The Balaban J connectivity index is 1.88. The van der Waals surface area contributed by atoms with Crippen LogP contribution < -0.4 is 5.48 Å². The molecule has 1 heterocycles. The summed E-state index contributed by atoms with van der Waals surface area (Å²) in [6.45, 7) is 0.346. The summed E-state index contributed by atoms with van der Waals surface area (Å²) in [6, 6.07) is 12.1. The van der Waals surface area contributed by atoms with Crippen LogP contribution in [0.1, 0.15) is 11.1 Å². The highest BCUT2D eigenvalue weighted by Gasteiger charge is 2.06. The molecule has 6 heteroatoms. The first-order chi connectivity index (χ1) is 11.2. The number of carbonyl (C=O) groups excluding carboxylic acids is 1. The average Bonchev–Trinajstić information content (AvgIpc) is 2.97. The third-order valence-corrected chi connectivity index (χ3v) is 3.48. The number of hydroxylamine groups is 1. The van der Waals surface area contributed by atoms with Crippen LogP contribution in [0.3, 0.4) is 0 Å². The zero-order valence-corrected chi connectivity index (χ0v) is 12.1. The summed E-state index contributed by atoms with van der Waals surface area (Å²) in [4.78, 5) is 11.0. The van der Waals surface area contributed by atoms with Crippen molar-refractivity contribution in [2.45, 2.75) is 6.54 Å². The molecule has 116 valence electrons. The predicted octanol–water partition coefficient (Wildman–Crippen LogP) is 2.74. The van der Waals surface area contributed by atoms with Crippen molar-refractivity contribution in [3.05, 3.63) is 71.7 Å². The Kier molecular flexibility index (Phi) is 4.16. The third kappa shape index (κ3) is 3.27. The lowest BCUT2D eigenvalue weighted by molar-refractivity contribution is -0.124. The Labute approximate surface area is 131 Å². The van der Waals surface area contributed by atoms with E-state index >= 15 is 0 Å². The van der Waals surface area contributed by atoms with E-state index in [1.165, 1.54) is 17.6 Å². The number of carbonyl (C=O) groups is 1. The summed E-state index contributed by atoms with van der Waals surface area (Å²) >= 11 is 0. The van der Waals surface area contributed by atoms with Crippen molar-refractivity contribution >= 4 is 22.9 Å². The number of benzene rings is 2. The molecular formula is C17H14FN3O2. The molecule has 5 nitrogen and oxygen atoms in total. The van der Waals surface area contributed by atoms with Gasteiger partial charge in [0.25, 0.3) is 5.91 Å². The molecule has 0 saturated heterocycles. The molecule has 23 heavy (non-hydrogen) atoms. The highest BCUT2D eigenvalue weighted by molar-refractivity contribution is 5.91. The molecule has 3 aromatic rings. The van der Waals surface area contributed by atoms with Gasteiger partial charge in [0.1, 0.15) is 5.82 Å². The third-order valence-electron chi connectivity index (χ3n) is 3.48. The van der Waals surface area contributed by atoms with Gasteiger partial charge in [0, 0.05) is 17.0 Å². The van der Waals surface area contributed by atoms with Crippen molar-refractivity contribution in [2.24, 2.45) is 0 Å². The number of rotatable bonds is 4. The predicted molar refractivity (Wildman–Crippen MR) is 84.2 cm³/mol. The molecule has 0 fully saturated rings. The summed E-state index contributed by atoms with van der Waals surface area (Å²) in [5, 5.41) is 13.6. The van der Waals surface area contributed by atoms with Gasteiger partial charge in [-0.2, -0.15) is 5.10 Å². The van der Waals surface area contributed by atoms with Crippen LogP contribution in [-0.2, 0) is 11.3 Å². The summed E-state index contributed by atoms with van der Waals surface area (Å²) in [6.07, 6.45) is 4.50. The van der Waals surface area contributed by atoms with E-state index in [9.17, 15) is 9.18 Å². The van der Waals surface area contributed by atoms with E-state index in [4.69, 9.17) is 5.21 Å². The first-order valence-corrected chi connectivity index (χ1v) is 6.98. The molecule has 0 atom stereocenters. The van der Waals surface area contributed by atoms with Crippen LogP contribution in [0.4, 0.5) is 4.39 Å². The molecule has 0 radical (unpaired) electrons. The van der Waals surface area contributed by atoms with E-state index < -0.39 is 5.91 Å². The van der Waals surface area contributed by atoms with E-state index in [-0.39, 0.29) is 5.82 Å². The van der Waals surface area contributed by atoms with Gasteiger partial charge >= 0.3 is 0 Å². The largest absolute Gasteiger partial charge is 0.288 e. The summed E-state index contributed by atoms with van der Waals surface area (Å²) in [5.41, 5.74) is 3.77. The van der Waals surface area contributed by atoms with Gasteiger partial charge in [0.05, 0.1) is 18.3 Å². The number of hydrogen-bond donors (Lipinski definition) is 2. The number of nitrogens with one attached hydrogen (secondary N) is 1. The quantitative estimate of drug-likeness (QED) is 0.442. The number of amides is 1. The second-order valence-electron chi connectivity index (χ2n) is 5.02. The molecule has 0 bridgehead atoms. The summed E-state index contributed by atoms with van der Waals surface area (Å²) in [7, 11) is 0. The highest BCUT2D eigenvalue weighted by atomic mass is 19.1. The van der Waals surface area contributed by atoms with E-state index in [0.29, 0.717) is 12.1 Å². The van der Waals surface area contributed by atoms with Gasteiger partial charge in [0.15, 0.2) is 0 Å². The van der Waals surface area contributed by atoms with Gasteiger partial charge in [-0.15, -0.1) is 0 Å². The molecule has 0 spiro atoms. The number of aromatic nitrogens is 2. The Bertz CT molecular complexity index is 886. The maximum absolute atomic E-state index is 13.7. The second kappa shape index (κ2) is 6.41. The molecule has 3 rings (SSSR count). The van der Waals surface area contributed by atoms with E-state index in [1.807, 2.05) is 18.2 Å². The van der Waals surface area contributed by atoms with E-state index in [2.05, 4.69) is 5.10 Å². The number of halogens is 1. The van der Waals surface area contributed by atoms with Gasteiger partial charge < -0.3 is 0 Å². The molecule has 0 saturated carbocycles. The van der Waals surface area contributed by atoms with Gasteiger partial charge in [-0.3, -0.25) is 14.7 Å². The van der Waals surface area contributed by atoms with Crippen molar-refractivity contribution < 1.29 is 14.4 Å². The lowest BCUT2D eigenvalue weighted by Gasteiger charge is -2.05. The molecule has 2 N–H and O–H groups in total. The number of nitrogens with zero attached hydrogens (tertiary/aromatic N) is 2. The Morgan fingerprint density at radius 1 is 1.30 bits per heavy atom. The molecule has 1 aromatic heterocycles. The molecule has 0 aliphatic rings. The standard InChI is InChI=1S/C17H14FN3O2/c18-15-4-2-1-3-13(15)11-21-16-7-5-12(6-8-17(22)20-23)9-14(16)10-19-21/h1-10,23H,11H2,(H,20,22)/b8-6+. The summed E-state index contributed by atoms with van der Waals surface area (Å²) in [5.74, 6) is -0.855. The van der Waals surface area contributed by atoms with E-state index in [0.717, 1.165) is 16.5 Å². The minimum absolute atomic E-state index is 0.259. The topological polar surface area (TPSA) is 67.2 Å². The summed E-state index contributed by atoms with van der Waals surface area (Å²) < 4.78 is 15.5. The van der Waals surface area contributed by atoms with Gasteiger partial charge in [-0.05, 0) is 29.8 Å². The number of fused-ring (bicyclic) bond motifs is 1. The van der Waals surface area contributed by atoms with Crippen LogP contribution in [-0.4, -0.2) is 20.9 Å². The van der Waals surface area contributed by atoms with Crippen molar-refractivity contribution in [1.29, 1.82) is 0 Å². The smallest absolute Gasteiger partial charge is 0.267 e. The molecule has 0 unspecified atom stereocenters. The normalized spacial score (nSPS) is 11.2. The fraction of sp³-hybridized carbons (Fsp3) is 0.0588. The van der Waals surface area contributed by atoms with Crippen LogP contribution in [0.25, 0.3) is 17.0 Å². The first kappa shape index (κ1) is 14.9. The second-order valence-corrected chi connectivity index (χ2v) is 5.02. The van der Waals surface area contributed by atoms with Crippen LogP contribution in [0.2, 0.25) is 0 Å². The van der Waals surface area contributed by atoms with Crippen LogP contribution in [0, 0.1) is 5.82 Å². The average molecular weight is 311 g/mol.